The molecule has 1 saturated heterocycles. The fraction of sp³-hybridized carbons (Fsp3) is 0.300. The lowest BCUT2D eigenvalue weighted by Crippen LogP contribution is -2.27. The monoisotopic (exact) mass is 393 g/mol. The van der Waals surface area contributed by atoms with E-state index in [4.69, 9.17) is 5.73 Å². The Bertz CT molecular complexity index is 1100. The van der Waals surface area contributed by atoms with E-state index in [1.165, 1.54) is 0 Å². The highest BCUT2D eigenvalue weighted by atomic mass is 32.1. The molecule has 0 spiro atoms. The van der Waals surface area contributed by atoms with E-state index in [2.05, 4.69) is 19.0 Å². The number of hydrogen-bond acceptors (Lipinski definition) is 6. The molecule has 0 radical (unpaired) electrons. The fourth-order valence-corrected chi connectivity index (χ4v) is 4.86. The van der Waals surface area contributed by atoms with Crippen molar-refractivity contribution in [3.8, 4) is 0 Å². The second-order valence-corrected chi connectivity index (χ2v) is 7.83. The predicted molar refractivity (Wildman–Crippen MR) is 109 cm³/mol. The minimum absolute atomic E-state index is 0.0445. The number of nitrogens with one attached hydrogen (secondary N) is 1. The third kappa shape index (κ3) is 2.72. The van der Waals surface area contributed by atoms with Gasteiger partial charge in [0.2, 0.25) is 5.91 Å². The van der Waals surface area contributed by atoms with Crippen LogP contribution in [0.3, 0.4) is 0 Å². The number of rotatable bonds is 3. The summed E-state index contributed by atoms with van der Waals surface area (Å²) in [6, 6.07) is 9.59. The van der Waals surface area contributed by atoms with Gasteiger partial charge in [-0.15, -0.1) is 0 Å². The third-order valence-corrected chi connectivity index (χ3v) is 6.15. The van der Waals surface area contributed by atoms with E-state index >= 15 is 0 Å². The number of carbonyl (C=O) groups excluding carboxylic acids is 2. The Balaban J connectivity index is 1.69. The summed E-state index contributed by atoms with van der Waals surface area (Å²) in [5.41, 5.74) is 11.3. The number of hydrogen-bond donors (Lipinski definition) is 2. The molecule has 0 aliphatic carbocycles. The van der Waals surface area contributed by atoms with Crippen molar-refractivity contribution >= 4 is 46.0 Å². The first-order valence-corrected chi connectivity index (χ1v) is 10.1. The summed E-state index contributed by atoms with van der Waals surface area (Å²) in [4.78, 5) is 26.9. The van der Waals surface area contributed by atoms with E-state index < -0.39 is 5.91 Å². The van der Waals surface area contributed by atoms with Crippen LogP contribution in [0.25, 0.3) is 11.0 Å². The van der Waals surface area contributed by atoms with Crippen molar-refractivity contribution in [2.45, 2.75) is 25.2 Å². The van der Waals surface area contributed by atoms with Crippen LogP contribution >= 0.6 is 11.7 Å². The molecule has 1 aromatic heterocycles. The average Bonchev–Trinajstić information content (AvgIpc) is 3.37. The van der Waals surface area contributed by atoms with Gasteiger partial charge in [-0.1, -0.05) is 12.1 Å². The van der Waals surface area contributed by atoms with Gasteiger partial charge in [-0.2, -0.15) is 8.75 Å². The quantitative estimate of drug-likeness (QED) is 0.712. The van der Waals surface area contributed by atoms with Gasteiger partial charge in [0, 0.05) is 31.1 Å². The maximum absolute atomic E-state index is 12.5. The molecule has 1 atom stereocenters. The Hall–Kier alpha value is -3.00. The first-order chi connectivity index (χ1) is 13.6. The highest BCUT2D eigenvalue weighted by molar-refractivity contribution is 7.00. The number of anilines is 2. The maximum Gasteiger partial charge on any atom is 0.250 e. The molecule has 3 N–H and O–H groups in total. The summed E-state index contributed by atoms with van der Waals surface area (Å²) in [7, 11) is 0. The van der Waals surface area contributed by atoms with Crippen molar-refractivity contribution in [2.24, 2.45) is 5.73 Å². The fourth-order valence-electron chi connectivity index (χ4n) is 4.30. The zero-order valence-corrected chi connectivity index (χ0v) is 16.0. The number of aromatic nitrogens is 2. The molecule has 2 amide bonds. The van der Waals surface area contributed by atoms with Gasteiger partial charge < -0.3 is 16.0 Å². The molecule has 28 heavy (non-hydrogen) atoms. The van der Waals surface area contributed by atoms with Gasteiger partial charge >= 0.3 is 0 Å². The normalized spacial score (nSPS) is 18.9. The van der Waals surface area contributed by atoms with Gasteiger partial charge in [0.05, 0.1) is 23.0 Å². The van der Waals surface area contributed by atoms with Crippen LogP contribution in [0.2, 0.25) is 0 Å². The maximum atomic E-state index is 12.5. The van der Waals surface area contributed by atoms with Crippen LogP contribution in [-0.4, -0.2) is 33.7 Å². The number of carbonyl (C=O) groups is 2. The molecule has 5 rings (SSSR count). The molecule has 1 unspecified atom stereocenters. The van der Waals surface area contributed by atoms with E-state index in [1.54, 1.807) is 0 Å². The molecule has 3 heterocycles. The van der Waals surface area contributed by atoms with Gasteiger partial charge in [0.1, 0.15) is 11.0 Å². The van der Waals surface area contributed by atoms with Crippen LogP contribution in [0.15, 0.2) is 30.3 Å². The van der Waals surface area contributed by atoms with Crippen LogP contribution in [-0.2, 0) is 4.79 Å². The molecular formula is C20H19N5O2S. The number of nitrogens with two attached hydrogens (primary N) is 1. The minimum Gasteiger partial charge on any atom is -0.371 e. The molecule has 3 aromatic rings. The number of amides is 2. The second kappa shape index (κ2) is 6.56. The number of nitrogens with zero attached hydrogens (tertiary/aromatic N) is 3. The molecule has 8 heteroatoms. The van der Waals surface area contributed by atoms with Crippen LogP contribution in [0.5, 0.6) is 0 Å². The van der Waals surface area contributed by atoms with Crippen LogP contribution in [0.1, 0.15) is 46.7 Å². The summed E-state index contributed by atoms with van der Waals surface area (Å²) in [6.45, 7) is 1.78. The first kappa shape index (κ1) is 17.1. The molecule has 0 saturated carbocycles. The van der Waals surface area contributed by atoms with Gasteiger partial charge in [-0.05, 0) is 42.2 Å². The van der Waals surface area contributed by atoms with Crippen molar-refractivity contribution in [1.82, 2.24) is 8.75 Å². The molecule has 7 nitrogen and oxygen atoms in total. The minimum atomic E-state index is -0.450. The Labute approximate surface area is 165 Å². The standard InChI is InChI=1S/C20H19N5O2S/c21-20(27)14-8-13-12(11-4-3-5-15-19(11)24-28-23-15)9-18(26)22-16(13)10-17(14)25-6-1-2-7-25/h3-5,8,10,12H,1-2,6-7,9H2,(H2,21,27)(H,22,26). The lowest BCUT2D eigenvalue weighted by atomic mass is 9.83. The predicted octanol–water partition coefficient (Wildman–Crippen LogP) is 2.86. The Morgan fingerprint density at radius 3 is 2.79 bits per heavy atom. The van der Waals surface area contributed by atoms with E-state index in [9.17, 15) is 9.59 Å². The molecule has 2 aliphatic rings. The summed E-state index contributed by atoms with van der Waals surface area (Å²) in [6.07, 6.45) is 2.47. The van der Waals surface area contributed by atoms with Gasteiger partial charge in [-0.25, -0.2) is 0 Å². The lowest BCUT2D eigenvalue weighted by molar-refractivity contribution is -0.116. The average molecular weight is 393 g/mol. The summed E-state index contributed by atoms with van der Waals surface area (Å²) in [5.74, 6) is -0.687. The number of benzene rings is 2. The molecule has 142 valence electrons. The smallest absolute Gasteiger partial charge is 0.250 e. The van der Waals surface area contributed by atoms with E-state index in [1.807, 2.05) is 30.3 Å². The van der Waals surface area contributed by atoms with Gasteiger partial charge in [0.15, 0.2) is 0 Å². The highest BCUT2D eigenvalue weighted by Gasteiger charge is 2.31. The first-order valence-electron chi connectivity index (χ1n) is 9.35. The third-order valence-electron chi connectivity index (χ3n) is 5.61. The Morgan fingerprint density at radius 2 is 2.00 bits per heavy atom. The molecular weight excluding hydrogens is 374 g/mol. The Morgan fingerprint density at radius 1 is 1.18 bits per heavy atom. The highest BCUT2D eigenvalue weighted by Crippen LogP contribution is 2.42. The van der Waals surface area contributed by atoms with Crippen molar-refractivity contribution < 1.29 is 9.59 Å². The molecule has 0 bridgehead atoms. The van der Waals surface area contributed by atoms with Crippen molar-refractivity contribution in [3.05, 3.63) is 47.0 Å². The zero-order valence-electron chi connectivity index (χ0n) is 15.1. The van der Waals surface area contributed by atoms with Gasteiger partial charge in [-0.3, -0.25) is 9.59 Å². The summed E-state index contributed by atoms with van der Waals surface area (Å²) in [5, 5.41) is 2.98. The lowest BCUT2D eigenvalue weighted by Gasteiger charge is -2.29. The second-order valence-electron chi connectivity index (χ2n) is 7.30. The number of fused-ring (bicyclic) bond motifs is 2. The van der Waals surface area contributed by atoms with E-state index in [0.717, 1.165) is 71.2 Å². The van der Waals surface area contributed by atoms with Crippen LogP contribution < -0.4 is 16.0 Å². The number of primary amides is 1. The zero-order chi connectivity index (χ0) is 19.3. The summed E-state index contributed by atoms with van der Waals surface area (Å²) >= 11 is 1.16. The van der Waals surface area contributed by atoms with Crippen LogP contribution in [0, 0.1) is 0 Å². The van der Waals surface area contributed by atoms with Crippen molar-refractivity contribution in [1.29, 1.82) is 0 Å². The molecule has 2 aliphatic heterocycles. The van der Waals surface area contributed by atoms with Crippen LogP contribution in [0.4, 0.5) is 11.4 Å². The van der Waals surface area contributed by atoms with E-state index in [0.29, 0.717) is 12.0 Å². The largest absolute Gasteiger partial charge is 0.371 e. The SMILES string of the molecule is NC(=O)c1cc2c(cc1N1CCCC1)NC(=O)CC2c1cccc2nsnc12. The van der Waals surface area contributed by atoms with E-state index in [-0.39, 0.29) is 11.8 Å². The van der Waals surface area contributed by atoms with Gasteiger partial charge in [0.25, 0.3) is 5.91 Å². The molecule has 2 aromatic carbocycles. The van der Waals surface area contributed by atoms with Crippen molar-refractivity contribution in [2.75, 3.05) is 23.3 Å². The van der Waals surface area contributed by atoms with Crippen molar-refractivity contribution in [3.63, 3.8) is 0 Å². The Kier molecular flexibility index (Phi) is 4.01. The topological polar surface area (TPSA) is 101 Å². The summed E-state index contributed by atoms with van der Waals surface area (Å²) < 4.78 is 8.74. The molecule has 1 fully saturated rings.